The number of Topliss-reactive ketones (excluding diaryl/α,β-unsaturated/α-hetero) is 1. The molecule has 2 nitrogen and oxygen atoms in total. The van der Waals surface area contributed by atoms with Gasteiger partial charge in [-0.2, -0.15) is 0 Å². The summed E-state index contributed by atoms with van der Waals surface area (Å²) < 4.78 is 0. The van der Waals surface area contributed by atoms with Crippen LogP contribution in [0.15, 0.2) is 0 Å². The lowest BCUT2D eigenvalue weighted by molar-refractivity contribution is -0.135. The highest BCUT2D eigenvalue weighted by Gasteiger charge is 2.41. The molecule has 2 saturated carbocycles. The maximum atomic E-state index is 12.6. The maximum Gasteiger partial charge on any atom is 0.142 e. The molecule has 0 bridgehead atoms. The lowest BCUT2D eigenvalue weighted by Gasteiger charge is -2.42. The van der Waals surface area contributed by atoms with Crippen LogP contribution in [0.1, 0.15) is 65.2 Å². The molecule has 1 heterocycles. The number of carbonyl (C=O) groups excluding carboxylic acids is 1. The molecule has 1 saturated heterocycles. The van der Waals surface area contributed by atoms with E-state index in [1.54, 1.807) is 0 Å². The Labute approximate surface area is 117 Å². The van der Waals surface area contributed by atoms with Crippen LogP contribution in [0, 0.1) is 17.3 Å². The summed E-state index contributed by atoms with van der Waals surface area (Å²) >= 11 is 0. The topological polar surface area (TPSA) is 20.3 Å². The van der Waals surface area contributed by atoms with E-state index in [4.69, 9.17) is 0 Å². The number of ketones is 1. The molecule has 2 heteroatoms. The fourth-order valence-corrected chi connectivity index (χ4v) is 4.84. The molecule has 3 fully saturated rings. The van der Waals surface area contributed by atoms with Crippen molar-refractivity contribution < 1.29 is 4.79 Å². The lowest BCUT2D eigenvalue weighted by Crippen LogP contribution is -2.48. The molecule has 1 aliphatic heterocycles. The molecule has 3 unspecified atom stereocenters. The molecule has 108 valence electrons. The average molecular weight is 263 g/mol. The van der Waals surface area contributed by atoms with Crippen LogP contribution in [0.2, 0.25) is 0 Å². The Morgan fingerprint density at radius 2 is 1.89 bits per heavy atom. The third-order valence-corrected chi connectivity index (χ3v) is 5.96. The van der Waals surface area contributed by atoms with Crippen molar-refractivity contribution in [3.8, 4) is 0 Å². The van der Waals surface area contributed by atoms with E-state index >= 15 is 0 Å². The third-order valence-electron chi connectivity index (χ3n) is 5.96. The summed E-state index contributed by atoms with van der Waals surface area (Å²) in [7, 11) is 0. The summed E-state index contributed by atoms with van der Waals surface area (Å²) in [5.74, 6) is 1.81. The molecule has 0 radical (unpaired) electrons. The normalized spacial score (nSPS) is 39.3. The molecule has 0 N–H and O–H groups in total. The Hall–Kier alpha value is -0.370. The number of hydrogen-bond donors (Lipinski definition) is 0. The number of likely N-dealkylation sites (tertiary alicyclic amines) is 1. The standard InChI is InChI=1S/C17H29NO/c1-17(2)10-4-7-14(16(17)19)12-18-11-5-8-13-6-3-9-15(13)18/h13-15H,3-12H2,1-2H3. The molecule has 3 rings (SSSR count). The van der Waals surface area contributed by atoms with E-state index in [-0.39, 0.29) is 5.41 Å². The van der Waals surface area contributed by atoms with E-state index in [0.717, 1.165) is 31.3 Å². The van der Waals surface area contributed by atoms with Crippen LogP contribution in [0.5, 0.6) is 0 Å². The van der Waals surface area contributed by atoms with Gasteiger partial charge < -0.3 is 0 Å². The van der Waals surface area contributed by atoms with Gasteiger partial charge in [0.25, 0.3) is 0 Å². The highest BCUT2D eigenvalue weighted by Crippen LogP contribution is 2.40. The Bertz CT molecular complexity index is 349. The van der Waals surface area contributed by atoms with Crippen LogP contribution in [0.4, 0.5) is 0 Å². The first kappa shape index (κ1) is 13.6. The minimum Gasteiger partial charge on any atom is -0.299 e. The summed E-state index contributed by atoms with van der Waals surface area (Å²) in [4.78, 5) is 15.3. The van der Waals surface area contributed by atoms with Gasteiger partial charge in [-0.15, -0.1) is 0 Å². The number of rotatable bonds is 2. The molecule has 0 spiro atoms. The van der Waals surface area contributed by atoms with Crippen molar-refractivity contribution in [3.05, 3.63) is 0 Å². The lowest BCUT2D eigenvalue weighted by atomic mass is 9.70. The summed E-state index contributed by atoms with van der Waals surface area (Å²) in [6.07, 6.45) is 10.5. The van der Waals surface area contributed by atoms with Gasteiger partial charge in [-0.3, -0.25) is 9.69 Å². The highest BCUT2D eigenvalue weighted by atomic mass is 16.1. The van der Waals surface area contributed by atoms with Gasteiger partial charge in [-0.25, -0.2) is 0 Å². The smallest absolute Gasteiger partial charge is 0.142 e. The van der Waals surface area contributed by atoms with E-state index in [0.29, 0.717) is 11.7 Å². The van der Waals surface area contributed by atoms with Crippen LogP contribution in [-0.4, -0.2) is 29.8 Å². The molecular weight excluding hydrogens is 234 g/mol. The molecule has 0 aromatic rings. The zero-order chi connectivity index (χ0) is 13.5. The minimum absolute atomic E-state index is 0.0617. The SMILES string of the molecule is CC1(C)CCCC(CN2CCCC3CCCC32)C1=O. The fourth-order valence-electron chi connectivity index (χ4n) is 4.84. The van der Waals surface area contributed by atoms with Gasteiger partial charge in [0.05, 0.1) is 0 Å². The van der Waals surface area contributed by atoms with Gasteiger partial charge in [0, 0.05) is 23.9 Å². The second kappa shape index (κ2) is 5.20. The molecule has 0 amide bonds. The van der Waals surface area contributed by atoms with E-state index in [2.05, 4.69) is 18.7 Å². The second-order valence-corrected chi connectivity index (χ2v) is 7.73. The number of hydrogen-bond acceptors (Lipinski definition) is 2. The van der Waals surface area contributed by atoms with Gasteiger partial charge in [0.15, 0.2) is 0 Å². The fraction of sp³-hybridized carbons (Fsp3) is 0.941. The zero-order valence-corrected chi connectivity index (χ0v) is 12.7. The average Bonchev–Trinajstić information content (AvgIpc) is 2.84. The highest BCUT2D eigenvalue weighted by molar-refractivity contribution is 5.87. The van der Waals surface area contributed by atoms with Gasteiger partial charge in [0.2, 0.25) is 0 Å². The van der Waals surface area contributed by atoms with Gasteiger partial charge in [-0.1, -0.05) is 26.7 Å². The van der Waals surface area contributed by atoms with Gasteiger partial charge >= 0.3 is 0 Å². The largest absolute Gasteiger partial charge is 0.299 e. The molecule has 0 aromatic carbocycles. The Morgan fingerprint density at radius 3 is 2.74 bits per heavy atom. The first-order valence-electron chi connectivity index (χ1n) is 8.36. The number of fused-ring (bicyclic) bond motifs is 1. The second-order valence-electron chi connectivity index (χ2n) is 7.73. The predicted octanol–water partition coefficient (Wildman–Crippen LogP) is 3.65. The van der Waals surface area contributed by atoms with Gasteiger partial charge in [-0.05, 0) is 51.0 Å². The summed E-state index contributed by atoms with van der Waals surface area (Å²) in [6, 6.07) is 0.812. The van der Waals surface area contributed by atoms with Crippen molar-refractivity contribution in [1.82, 2.24) is 4.90 Å². The van der Waals surface area contributed by atoms with Crippen LogP contribution >= 0.6 is 0 Å². The van der Waals surface area contributed by atoms with E-state index < -0.39 is 0 Å². The van der Waals surface area contributed by atoms with Crippen LogP contribution < -0.4 is 0 Å². The van der Waals surface area contributed by atoms with E-state index in [9.17, 15) is 4.79 Å². The van der Waals surface area contributed by atoms with Gasteiger partial charge in [0.1, 0.15) is 5.78 Å². The Morgan fingerprint density at radius 1 is 1.11 bits per heavy atom. The summed E-state index contributed by atoms with van der Waals surface area (Å²) in [5.41, 5.74) is -0.0617. The van der Waals surface area contributed by atoms with Crippen molar-refractivity contribution in [2.45, 2.75) is 71.3 Å². The number of piperidine rings is 1. The predicted molar refractivity (Wildman–Crippen MR) is 78.1 cm³/mol. The summed E-state index contributed by atoms with van der Waals surface area (Å²) in [5, 5.41) is 0. The molecule has 0 aromatic heterocycles. The molecule has 3 atom stereocenters. The van der Waals surface area contributed by atoms with E-state index in [1.165, 1.54) is 45.1 Å². The Kier molecular flexibility index (Phi) is 3.72. The van der Waals surface area contributed by atoms with Crippen molar-refractivity contribution in [3.63, 3.8) is 0 Å². The molecule has 2 aliphatic carbocycles. The van der Waals surface area contributed by atoms with Crippen molar-refractivity contribution >= 4 is 5.78 Å². The summed E-state index contributed by atoms with van der Waals surface area (Å²) in [6.45, 7) is 6.60. The number of carbonyl (C=O) groups is 1. The molecule has 19 heavy (non-hydrogen) atoms. The van der Waals surface area contributed by atoms with Crippen LogP contribution in [0.3, 0.4) is 0 Å². The van der Waals surface area contributed by atoms with Crippen molar-refractivity contribution in [2.24, 2.45) is 17.3 Å². The number of nitrogens with zero attached hydrogens (tertiary/aromatic N) is 1. The van der Waals surface area contributed by atoms with Crippen molar-refractivity contribution in [2.75, 3.05) is 13.1 Å². The minimum atomic E-state index is -0.0617. The van der Waals surface area contributed by atoms with Crippen molar-refractivity contribution in [1.29, 1.82) is 0 Å². The third kappa shape index (κ3) is 2.61. The monoisotopic (exact) mass is 263 g/mol. The maximum absolute atomic E-state index is 12.6. The molecular formula is C17H29NO. The molecule has 3 aliphatic rings. The van der Waals surface area contributed by atoms with Crippen LogP contribution in [-0.2, 0) is 4.79 Å². The zero-order valence-electron chi connectivity index (χ0n) is 12.7. The van der Waals surface area contributed by atoms with Crippen LogP contribution in [0.25, 0.3) is 0 Å². The first-order valence-corrected chi connectivity index (χ1v) is 8.36. The quantitative estimate of drug-likeness (QED) is 0.758. The first-order chi connectivity index (χ1) is 9.08. The Balaban J connectivity index is 1.65. The van der Waals surface area contributed by atoms with E-state index in [1.807, 2.05) is 0 Å².